The van der Waals surface area contributed by atoms with Gasteiger partial charge in [0, 0.05) is 18.5 Å². The average molecular weight is 381 g/mol. The number of aromatic nitrogens is 2. The summed E-state index contributed by atoms with van der Waals surface area (Å²) in [6.07, 6.45) is -3.63. The Morgan fingerprint density at radius 1 is 1.22 bits per heavy atom. The van der Waals surface area contributed by atoms with E-state index in [9.17, 15) is 18.0 Å². The molecular formula is C19H22F3N3O2. The number of rotatable bonds is 3. The van der Waals surface area contributed by atoms with E-state index in [1.165, 1.54) is 18.2 Å². The number of fused-ring (bicyclic) bond motifs is 1. The van der Waals surface area contributed by atoms with Gasteiger partial charge in [0.05, 0.1) is 17.7 Å². The summed E-state index contributed by atoms with van der Waals surface area (Å²) in [6.45, 7) is 7.27. The summed E-state index contributed by atoms with van der Waals surface area (Å²) < 4.78 is 44.9. The van der Waals surface area contributed by atoms with Crippen LogP contribution in [0, 0.1) is 11.8 Å². The molecule has 0 radical (unpaired) electrons. The quantitative estimate of drug-likeness (QED) is 0.742. The van der Waals surface area contributed by atoms with Crippen LogP contribution in [0.25, 0.3) is 10.9 Å². The van der Waals surface area contributed by atoms with Crippen LogP contribution in [-0.4, -0.2) is 35.6 Å². The van der Waals surface area contributed by atoms with Crippen molar-refractivity contribution in [1.82, 2.24) is 9.97 Å². The van der Waals surface area contributed by atoms with Crippen molar-refractivity contribution in [2.75, 3.05) is 24.6 Å². The maximum absolute atomic E-state index is 13.3. The van der Waals surface area contributed by atoms with Crippen molar-refractivity contribution < 1.29 is 22.7 Å². The molecule has 8 heteroatoms. The van der Waals surface area contributed by atoms with Crippen LogP contribution in [0.4, 0.5) is 19.0 Å². The van der Waals surface area contributed by atoms with Crippen LogP contribution in [0.3, 0.4) is 0 Å². The Hall–Kier alpha value is -2.38. The van der Waals surface area contributed by atoms with E-state index in [1.807, 2.05) is 4.90 Å². The molecule has 0 saturated carbocycles. The third kappa shape index (κ3) is 4.14. The highest BCUT2D eigenvalue weighted by atomic mass is 19.4. The normalized spacial score (nSPS) is 20.7. The fraction of sp³-hybridized carbons (Fsp3) is 0.526. The van der Waals surface area contributed by atoms with E-state index in [1.54, 1.807) is 6.92 Å². The van der Waals surface area contributed by atoms with E-state index in [-0.39, 0.29) is 23.5 Å². The number of nitrogens with zero attached hydrogens (tertiary/aromatic N) is 3. The lowest BCUT2D eigenvalue weighted by molar-refractivity contribution is -0.144. The Balaban J connectivity index is 2.16. The molecule has 1 aromatic heterocycles. The van der Waals surface area contributed by atoms with Crippen molar-refractivity contribution in [1.29, 1.82) is 0 Å². The number of alkyl halides is 3. The molecule has 2 aromatic rings. The smallest absolute Gasteiger partial charge is 0.451 e. The van der Waals surface area contributed by atoms with Crippen LogP contribution >= 0.6 is 0 Å². The molecule has 1 fully saturated rings. The Kier molecular flexibility index (Phi) is 5.26. The molecular weight excluding hydrogens is 359 g/mol. The minimum absolute atomic E-state index is 0.159. The third-order valence-electron chi connectivity index (χ3n) is 4.61. The fourth-order valence-corrected chi connectivity index (χ4v) is 3.66. The molecule has 5 nitrogen and oxygen atoms in total. The summed E-state index contributed by atoms with van der Waals surface area (Å²) in [6, 6.07) is 4.37. The van der Waals surface area contributed by atoms with Gasteiger partial charge in [-0.3, -0.25) is 0 Å². The first kappa shape index (κ1) is 19.4. The number of carbonyl (C=O) groups excluding carboxylic acids is 1. The Bertz CT molecular complexity index is 844. The topological polar surface area (TPSA) is 55.3 Å². The van der Waals surface area contributed by atoms with Crippen LogP contribution < -0.4 is 4.90 Å². The van der Waals surface area contributed by atoms with E-state index in [4.69, 9.17) is 4.74 Å². The van der Waals surface area contributed by atoms with Crippen molar-refractivity contribution in [3.63, 3.8) is 0 Å². The maximum atomic E-state index is 13.3. The van der Waals surface area contributed by atoms with E-state index in [0.717, 1.165) is 6.42 Å². The predicted octanol–water partition coefficient (Wildman–Crippen LogP) is 4.31. The van der Waals surface area contributed by atoms with Crippen molar-refractivity contribution >= 4 is 22.7 Å². The molecule has 0 unspecified atom stereocenters. The van der Waals surface area contributed by atoms with Gasteiger partial charge < -0.3 is 9.64 Å². The van der Waals surface area contributed by atoms with Crippen LogP contribution in [0.15, 0.2) is 18.2 Å². The summed E-state index contributed by atoms with van der Waals surface area (Å²) in [5.74, 6) is -0.801. The SMILES string of the molecule is CCOC(=O)c1ccc2nc(C(F)(F)F)nc(N3C[C@H](C)C[C@@H](C)C3)c2c1. The second kappa shape index (κ2) is 7.32. The van der Waals surface area contributed by atoms with Crippen LogP contribution in [0.1, 0.15) is 43.4 Å². The minimum atomic E-state index is -4.64. The molecule has 2 heterocycles. The Labute approximate surface area is 155 Å². The molecule has 0 aliphatic carbocycles. The van der Waals surface area contributed by atoms with Crippen LogP contribution in [-0.2, 0) is 10.9 Å². The summed E-state index contributed by atoms with van der Waals surface area (Å²) >= 11 is 0. The molecule has 3 rings (SSSR count). The zero-order chi connectivity index (χ0) is 19.8. The number of esters is 1. The van der Waals surface area contributed by atoms with Crippen molar-refractivity contribution in [2.45, 2.75) is 33.4 Å². The lowest BCUT2D eigenvalue weighted by Gasteiger charge is -2.36. The van der Waals surface area contributed by atoms with E-state index in [0.29, 0.717) is 30.3 Å². The predicted molar refractivity (Wildman–Crippen MR) is 95.7 cm³/mol. The van der Waals surface area contributed by atoms with Gasteiger partial charge in [0.2, 0.25) is 5.82 Å². The molecule has 1 aliphatic heterocycles. The lowest BCUT2D eigenvalue weighted by Crippen LogP contribution is -2.39. The molecule has 0 spiro atoms. The van der Waals surface area contributed by atoms with Gasteiger partial charge in [0.1, 0.15) is 5.82 Å². The number of anilines is 1. The highest BCUT2D eigenvalue weighted by Crippen LogP contribution is 2.34. The first-order chi connectivity index (χ1) is 12.7. The fourth-order valence-electron chi connectivity index (χ4n) is 3.66. The van der Waals surface area contributed by atoms with E-state index >= 15 is 0 Å². The number of carbonyl (C=O) groups is 1. The molecule has 1 aliphatic rings. The van der Waals surface area contributed by atoms with Gasteiger partial charge in [0.15, 0.2) is 0 Å². The largest absolute Gasteiger partial charge is 0.462 e. The molecule has 2 atom stereocenters. The lowest BCUT2D eigenvalue weighted by atomic mass is 9.91. The van der Waals surface area contributed by atoms with Gasteiger partial charge >= 0.3 is 12.1 Å². The summed E-state index contributed by atoms with van der Waals surface area (Å²) in [5.41, 5.74) is 0.429. The first-order valence-corrected chi connectivity index (χ1v) is 9.00. The zero-order valence-corrected chi connectivity index (χ0v) is 15.5. The zero-order valence-electron chi connectivity index (χ0n) is 15.5. The van der Waals surface area contributed by atoms with E-state index < -0.39 is 18.0 Å². The van der Waals surface area contributed by atoms with Crippen molar-refractivity contribution in [3.8, 4) is 0 Å². The number of benzene rings is 1. The van der Waals surface area contributed by atoms with E-state index in [2.05, 4.69) is 23.8 Å². The minimum Gasteiger partial charge on any atom is -0.462 e. The second-order valence-corrected chi connectivity index (χ2v) is 7.17. The number of piperidine rings is 1. The number of hydrogen-bond acceptors (Lipinski definition) is 5. The molecule has 146 valence electrons. The Morgan fingerprint density at radius 2 is 1.89 bits per heavy atom. The third-order valence-corrected chi connectivity index (χ3v) is 4.61. The molecule has 1 saturated heterocycles. The first-order valence-electron chi connectivity index (χ1n) is 9.00. The van der Waals surface area contributed by atoms with Gasteiger partial charge in [0.25, 0.3) is 0 Å². The van der Waals surface area contributed by atoms with Gasteiger partial charge in [-0.25, -0.2) is 14.8 Å². The summed E-state index contributed by atoms with van der Waals surface area (Å²) in [5, 5.41) is 0.426. The standard InChI is InChI=1S/C19H22F3N3O2/c1-4-27-17(26)13-5-6-15-14(8-13)16(24-18(23-15)19(20,21)22)25-9-11(2)7-12(3)10-25/h5-6,8,11-12H,4,7,9-10H2,1-3H3/t11-,12-/m1/s1. The molecule has 27 heavy (non-hydrogen) atoms. The van der Waals surface area contributed by atoms with Crippen LogP contribution in [0.2, 0.25) is 0 Å². The van der Waals surface area contributed by atoms with Crippen molar-refractivity contribution in [3.05, 3.63) is 29.6 Å². The van der Waals surface area contributed by atoms with Crippen molar-refractivity contribution in [2.24, 2.45) is 11.8 Å². The molecule has 0 bridgehead atoms. The number of ether oxygens (including phenoxy) is 1. The van der Waals surface area contributed by atoms with Gasteiger partial charge in [-0.2, -0.15) is 13.2 Å². The van der Waals surface area contributed by atoms with Gasteiger partial charge in [-0.05, 0) is 43.4 Å². The van der Waals surface area contributed by atoms with Gasteiger partial charge in [-0.15, -0.1) is 0 Å². The number of hydrogen-bond donors (Lipinski definition) is 0. The maximum Gasteiger partial charge on any atom is 0.451 e. The monoisotopic (exact) mass is 381 g/mol. The summed E-state index contributed by atoms with van der Waals surface area (Å²) in [7, 11) is 0. The number of halogens is 3. The second-order valence-electron chi connectivity index (χ2n) is 7.17. The average Bonchev–Trinajstić information content (AvgIpc) is 2.58. The molecule has 0 amide bonds. The highest BCUT2D eigenvalue weighted by Gasteiger charge is 2.36. The highest BCUT2D eigenvalue weighted by molar-refractivity contribution is 5.98. The summed E-state index contributed by atoms with van der Waals surface area (Å²) in [4.78, 5) is 21.4. The molecule has 1 aromatic carbocycles. The van der Waals surface area contributed by atoms with Gasteiger partial charge in [-0.1, -0.05) is 13.8 Å². The van der Waals surface area contributed by atoms with Crippen LogP contribution in [0.5, 0.6) is 0 Å². The molecule has 0 N–H and O–H groups in total. The Morgan fingerprint density at radius 3 is 2.48 bits per heavy atom.